The highest BCUT2D eigenvalue weighted by atomic mass is 16.5. The Labute approximate surface area is 143 Å². The number of nitrogens with one attached hydrogen (secondary N) is 1. The average molecular weight is 333 g/mol. The van der Waals surface area contributed by atoms with Crippen LogP contribution in [0.4, 0.5) is 0 Å². The van der Waals surface area contributed by atoms with Gasteiger partial charge in [0.25, 0.3) is 0 Å². The number of amides is 2. The number of carbonyl (C=O) groups excluding carboxylic acids is 2. The SMILES string of the molecule is COCCN1C[C@@H](C(=O)NCCCCc2ccccn2)CCC1=O. The van der Waals surface area contributed by atoms with Crippen molar-refractivity contribution < 1.29 is 14.3 Å². The average Bonchev–Trinajstić information content (AvgIpc) is 2.61. The Hall–Kier alpha value is -1.95. The van der Waals surface area contributed by atoms with Crippen molar-refractivity contribution in [3.05, 3.63) is 30.1 Å². The molecule has 2 rings (SSSR count). The number of likely N-dealkylation sites (tertiary alicyclic amines) is 1. The van der Waals surface area contributed by atoms with E-state index in [9.17, 15) is 9.59 Å². The molecule has 1 saturated heterocycles. The number of methoxy groups -OCH3 is 1. The van der Waals surface area contributed by atoms with Crippen molar-refractivity contribution in [2.24, 2.45) is 5.92 Å². The van der Waals surface area contributed by atoms with Crippen LogP contribution in [0.25, 0.3) is 0 Å². The summed E-state index contributed by atoms with van der Waals surface area (Å²) in [6.45, 7) is 2.24. The molecule has 1 atom stereocenters. The molecular formula is C18H27N3O3. The van der Waals surface area contributed by atoms with E-state index in [0.29, 0.717) is 39.1 Å². The van der Waals surface area contributed by atoms with Gasteiger partial charge >= 0.3 is 0 Å². The van der Waals surface area contributed by atoms with E-state index in [4.69, 9.17) is 4.74 Å². The van der Waals surface area contributed by atoms with Crippen molar-refractivity contribution in [2.75, 3.05) is 33.4 Å². The number of rotatable bonds is 9. The molecule has 1 aromatic heterocycles. The molecule has 1 N–H and O–H groups in total. The van der Waals surface area contributed by atoms with Gasteiger partial charge in [0.05, 0.1) is 12.5 Å². The molecule has 1 aromatic rings. The van der Waals surface area contributed by atoms with E-state index in [1.165, 1.54) is 0 Å². The van der Waals surface area contributed by atoms with E-state index in [-0.39, 0.29) is 17.7 Å². The fourth-order valence-corrected chi connectivity index (χ4v) is 2.88. The fourth-order valence-electron chi connectivity index (χ4n) is 2.88. The minimum atomic E-state index is -0.102. The normalized spacial score (nSPS) is 17.8. The zero-order valence-corrected chi connectivity index (χ0v) is 14.4. The maximum absolute atomic E-state index is 12.3. The van der Waals surface area contributed by atoms with E-state index in [0.717, 1.165) is 25.0 Å². The summed E-state index contributed by atoms with van der Waals surface area (Å²) in [6, 6.07) is 5.92. The molecule has 0 bridgehead atoms. The molecule has 1 aliphatic heterocycles. The van der Waals surface area contributed by atoms with Crippen LogP contribution < -0.4 is 5.32 Å². The Morgan fingerprint density at radius 1 is 1.42 bits per heavy atom. The summed E-state index contributed by atoms with van der Waals surface area (Å²) in [5.74, 6) is 0.0737. The van der Waals surface area contributed by atoms with Crippen LogP contribution in [-0.4, -0.2) is 55.0 Å². The van der Waals surface area contributed by atoms with Crippen molar-refractivity contribution in [1.29, 1.82) is 0 Å². The number of pyridine rings is 1. The first kappa shape index (κ1) is 18.4. The lowest BCUT2D eigenvalue weighted by Crippen LogP contribution is -2.46. The Bertz CT molecular complexity index is 522. The standard InChI is InChI=1S/C18H27N3O3/c1-24-13-12-21-14-15(8-9-17(21)22)18(23)20-11-5-3-7-16-6-2-4-10-19-16/h2,4,6,10,15H,3,5,7-9,11-14H2,1H3,(H,20,23)/t15-/m0/s1. The first-order valence-corrected chi connectivity index (χ1v) is 8.65. The summed E-state index contributed by atoms with van der Waals surface area (Å²) in [5.41, 5.74) is 1.09. The smallest absolute Gasteiger partial charge is 0.224 e. The highest BCUT2D eigenvalue weighted by Crippen LogP contribution is 2.17. The van der Waals surface area contributed by atoms with Gasteiger partial charge in [0.1, 0.15) is 0 Å². The minimum Gasteiger partial charge on any atom is -0.383 e. The Balaban J connectivity index is 1.64. The third-order valence-corrected chi connectivity index (χ3v) is 4.32. The lowest BCUT2D eigenvalue weighted by molar-refractivity contribution is -0.138. The highest BCUT2D eigenvalue weighted by molar-refractivity contribution is 5.83. The number of nitrogens with zero attached hydrogens (tertiary/aromatic N) is 2. The van der Waals surface area contributed by atoms with Gasteiger partial charge in [-0.25, -0.2) is 0 Å². The number of aromatic nitrogens is 1. The van der Waals surface area contributed by atoms with Crippen molar-refractivity contribution in [1.82, 2.24) is 15.2 Å². The van der Waals surface area contributed by atoms with Gasteiger partial charge in [-0.05, 0) is 37.8 Å². The minimum absolute atomic E-state index is 0.0581. The Morgan fingerprint density at radius 2 is 2.29 bits per heavy atom. The third kappa shape index (κ3) is 5.92. The quantitative estimate of drug-likeness (QED) is 0.694. The summed E-state index contributed by atoms with van der Waals surface area (Å²) >= 11 is 0. The van der Waals surface area contributed by atoms with E-state index in [1.807, 2.05) is 18.2 Å². The molecule has 1 aliphatic rings. The number of ether oxygens (including phenoxy) is 1. The van der Waals surface area contributed by atoms with Crippen molar-refractivity contribution in [2.45, 2.75) is 32.1 Å². The van der Waals surface area contributed by atoms with Crippen molar-refractivity contribution >= 4 is 11.8 Å². The zero-order chi connectivity index (χ0) is 17.2. The number of hydrogen-bond donors (Lipinski definition) is 1. The molecule has 1 fully saturated rings. The molecule has 132 valence electrons. The van der Waals surface area contributed by atoms with Gasteiger partial charge in [0, 0.05) is 45.1 Å². The predicted octanol–water partition coefficient (Wildman–Crippen LogP) is 1.41. The second-order valence-corrected chi connectivity index (χ2v) is 6.14. The summed E-state index contributed by atoms with van der Waals surface area (Å²) in [5, 5.41) is 3.00. The summed E-state index contributed by atoms with van der Waals surface area (Å²) in [7, 11) is 1.61. The Morgan fingerprint density at radius 3 is 3.04 bits per heavy atom. The van der Waals surface area contributed by atoms with Gasteiger partial charge in [0.15, 0.2) is 0 Å². The molecule has 2 amide bonds. The van der Waals surface area contributed by atoms with Gasteiger partial charge < -0.3 is 15.0 Å². The summed E-state index contributed by atoms with van der Waals surface area (Å²) in [4.78, 5) is 30.1. The number of piperidine rings is 1. The first-order valence-electron chi connectivity index (χ1n) is 8.65. The second kappa shape index (κ2) is 10.0. The number of unbranched alkanes of at least 4 members (excludes halogenated alkanes) is 1. The van der Waals surface area contributed by atoms with Crippen LogP contribution in [0.5, 0.6) is 0 Å². The number of carbonyl (C=O) groups is 2. The molecule has 0 radical (unpaired) electrons. The molecule has 0 saturated carbocycles. The molecule has 0 spiro atoms. The van der Waals surface area contributed by atoms with Crippen LogP contribution in [-0.2, 0) is 20.7 Å². The van der Waals surface area contributed by atoms with E-state index >= 15 is 0 Å². The number of hydrogen-bond acceptors (Lipinski definition) is 4. The Kier molecular flexibility index (Phi) is 7.68. The van der Waals surface area contributed by atoms with E-state index < -0.39 is 0 Å². The molecular weight excluding hydrogens is 306 g/mol. The van der Waals surface area contributed by atoms with Gasteiger partial charge in [-0.1, -0.05) is 6.07 Å². The van der Waals surface area contributed by atoms with Crippen molar-refractivity contribution in [3.8, 4) is 0 Å². The topological polar surface area (TPSA) is 71.5 Å². The van der Waals surface area contributed by atoms with Crippen LogP contribution in [0.2, 0.25) is 0 Å². The second-order valence-electron chi connectivity index (χ2n) is 6.14. The summed E-state index contributed by atoms with van der Waals surface area (Å²) in [6.07, 6.45) is 5.75. The fraction of sp³-hybridized carbons (Fsp3) is 0.611. The predicted molar refractivity (Wildman–Crippen MR) is 91.4 cm³/mol. The number of aryl methyl sites for hydroxylation is 1. The molecule has 6 nitrogen and oxygen atoms in total. The highest BCUT2D eigenvalue weighted by Gasteiger charge is 2.29. The van der Waals surface area contributed by atoms with Gasteiger partial charge in [0.2, 0.25) is 11.8 Å². The summed E-state index contributed by atoms with van der Waals surface area (Å²) < 4.78 is 5.02. The van der Waals surface area contributed by atoms with Gasteiger partial charge in [-0.3, -0.25) is 14.6 Å². The lowest BCUT2D eigenvalue weighted by atomic mass is 9.96. The van der Waals surface area contributed by atoms with E-state index in [2.05, 4.69) is 10.3 Å². The van der Waals surface area contributed by atoms with Crippen LogP contribution >= 0.6 is 0 Å². The molecule has 6 heteroatoms. The molecule has 0 aromatic carbocycles. The van der Waals surface area contributed by atoms with Crippen molar-refractivity contribution in [3.63, 3.8) is 0 Å². The van der Waals surface area contributed by atoms with Crippen LogP contribution in [0.1, 0.15) is 31.4 Å². The molecule has 2 heterocycles. The largest absolute Gasteiger partial charge is 0.383 e. The maximum Gasteiger partial charge on any atom is 0.224 e. The molecule has 24 heavy (non-hydrogen) atoms. The third-order valence-electron chi connectivity index (χ3n) is 4.32. The van der Waals surface area contributed by atoms with Crippen LogP contribution in [0.3, 0.4) is 0 Å². The van der Waals surface area contributed by atoms with Crippen LogP contribution in [0, 0.1) is 5.92 Å². The van der Waals surface area contributed by atoms with Crippen LogP contribution in [0.15, 0.2) is 24.4 Å². The first-order chi connectivity index (χ1) is 11.7. The van der Waals surface area contributed by atoms with E-state index in [1.54, 1.807) is 18.2 Å². The maximum atomic E-state index is 12.3. The van der Waals surface area contributed by atoms with Gasteiger partial charge in [-0.2, -0.15) is 0 Å². The lowest BCUT2D eigenvalue weighted by Gasteiger charge is -2.31. The monoisotopic (exact) mass is 333 g/mol. The molecule has 0 unspecified atom stereocenters. The molecule has 0 aliphatic carbocycles. The van der Waals surface area contributed by atoms with Gasteiger partial charge in [-0.15, -0.1) is 0 Å². The zero-order valence-electron chi connectivity index (χ0n) is 14.4.